The molecule has 1 saturated heterocycles. The number of nitrogens with zero attached hydrogens (tertiary/aromatic N) is 5. The average molecular weight is 498 g/mol. The monoisotopic (exact) mass is 497 g/mol. The van der Waals surface area contributed by atoms with Crippen molar-refractivity contribution in [3.8, 4) is 0 Å². The summed E-state index contributed by atoms with van der Waals surface area (Å²) < 4.78 is 9.05. The van der Waals surface area contributed by atoms with Gasteiger partial charge >= 0.3 is 5.69 Å². The Balaban J connectivity index is 1.42. The second-order valence-electron chi connectivity index (χ2n) is 9.04. The predicted molar refractivity (Wildman–Crippen MR) is 134 cm³/mol. The van der Waals surface area contributed by atoms with Crippen molar-refractivity contribution in [3.63, 3.8) is 0 Å². The van der Waals surface area contributed by atoms with Crippen LogP contribution in [0.25, 0.3) is 22.3 Å². The minimum atomic E-state index is -0.509. The van der Waals surface area contributed by atoms with Gasteiger partial charge < -0.3 is 19.6 Å². The first-order valence-electron chi connectivity index (χ1n) is 11.5. The highest BCUT2D eigenvalue weighted by molar-refractivity contribution is 7.99. The zero-order valence-corrected chi connectivity index (χ0v) is 20.4. The van der Waals surface area contributed by atoms with E-state index in [4.69, 9.17) is 15.1 Å². The number of oxazole rings is 1. The van der Waals surface area contributed by atoms with Crippen molar-refractivity contribution in [2.45, 2.75) is 31.5 Å². The number of thioether (sulfide) groups is 1. The second kappa shape index (κ2) is 9.25. The summed E-state index contributed by atoms with van der Waals surface area (Å²) in [5.41, 5.74) is 6.78. The third-order valence-corrected chi connectivity index (χ3v) is 7.58. The van der Waals surface area contributed by atoms with E-state index in [1.807, 2.05) is 28.8 Å². The number of carbonyl (C=O) groups is 1. The molecule has 4 aromatic rings. The quantitative estimate of drug-likeness (QED) is 0.367. The number of aromatic amines is 1. The van der Waals surface area contributed by atoms with Gasteiger partial charge in [-0.3, -0.25) is 19.1 Å². The molecule has 1 unspecified atom stereocenters. The number of hydrogen-bond acceptors (Lipinski definition) is 8. The number of fused-ring (bicyclic) bond motifs is 2. The Morgan fingerprint density at radius 3 is 2.71 bits per heavy atom. The zero-order valence-electron chi connectivity index (χ0n) is 19.6. The van der Waals surface area contributed by atoms with Crippen LogP contribution in [0, 0.1) is 11.8 Å². The molecule has 3 aromatic heterocycles. The Morgan fingerprint density at radius 2 is 2.00 bits per heavy atom. The van der Waals surface area contributed by atoms with Gasteiger partial charge in [0.25, 0.3) is 10.8 Å². The molecular weight excluding hydrogens is 470 g/mol. The lowest BCUT2D eigenvalue weighted by molar-refractivity contribution is -0.122. The number of anilines is 1. The van der Waals surface area contributed by atoms with E-state index in [1.54, 1.807) is 7.05 Å². The van der Waals surface area contributed by atoms with Gasteiger partial charge in [-0.2, -0.15) is 4.98 Å². The smallest absolute Gasteiger partial charge is 0.329 e. The topological polar surface area (TPSA) is 145 Å². The molecule has 35 heavy (non-hydrogen) atoms. The molecule has 0 saturated carbocycles. The molecule has 1 fully saturated rings. The summed E-state index contributed by atoms with van der Waals surface area (Å²) in [4.78, 5) is 50.3. The first-order chi connectivity index (χ1) is 16.8. The van der Waals surface area contributed by atoms with Gasteiger partial charge in [0.1, 0.15) is 5.52 Å². The number of hydrogen-bond donors (Lipinski definition) is 2. The van der Waals surface area contributed by atoms with E-state index >= 15 is 0 Å². The SMILES string of the molecule is CC(CSc1nc2ccccc2o1)Cn1c(N2CCC(C(N)=O)CC2)nc2c1c(=O)[nH]c(=O)n2C. The molecule has 0 spiro atoms. The summed E-state index contributed by atoms with van der Waals surface area (Å²) >= 11 is 1.52. The fraction of sp³-hybridized carbons (Fsp3) is 0.435. The number of amides is 1. The molecule has 0 bridgehead atoms. The van der Waals surface area contributed by atoms with Crippen LogP contribution in [0.3, 0.4) is 0 Å². The normalized spacial score (nSPS) is 15.8. The van der Waals surface area contributed by atoms with E-state index < -0.39 is 11.2 Å². The third kappa shape index (κ3) is 4.45. The fourth-order valence-corrected chi connectivity index (χ4v) is 5.34. The van der Waals surface area contributed by atoms with E-state index in [0.717, 1.165) is 11.1 Å². The summed E-state index contributed by atoms with van der Waals surface area (Å²) in [7, 11) is 1.59. The van der Waals surface area contributed by atoms with Gasteiger partial charge in [-0.1, -0.05) is 30.8 Å². The Morgan fingerprint density at radius 1 is 1.26 bits per heavy atom. The minimum Gasteiger partial charge on any atom is -0.431 e. The summed E-state index contributed by atoms with van der Waals surface area (Å²) in [6, 6.07) is 7.63. The number of aromatic nitrogens is 5. The molecule has 5 rings (SSSR count). The van der Waals surface area contributed by atoms with Gasteiger partial charge in [0.05, 0.1) is 0 Å². The Hall–Kier alpha value is -3.54. The Labute approximate surface area is 204 Å². The molecule has 0 radical (unpaired) electrons. The van der Waals surface area contributed by atoms with Gasteiger partial charge in [0.2, 0.25) is 11.9 Å². The lowest BCUT2D eigenvalue weighted by Gasteiger charge is -2.32. The maximum absolute atomic E-state index is 12.8. The molecule has 11 nitrogen and oxygen atoms in total. The van der Waals surface area contributed by atoms with Crippen molar-refractivity contribution in [1.29, 1.82) is 0 Å². The van der Waals surface area contributed by atoms with Crippen LogP contribution in [0.5, 0.6) is 0 Å². The number of nitrogens with one attached hydrogen (secondary N) is 1. The van der Waals surface area contributed by atoms with Crippen LogP contribution in [0.2, 0.25) is 0 Å². The largest absolute Gasteiger partial charge is 0.431 e. The van der Waals surface area contributed by atoms with Crippen LogP contribution in [-0.4, -0.2) is 48.8 Å². The number of aryl methyl sites for hydroxylation is 1. The van der Waals surface area contributed by atoms with Gasteiger partial charge in [0.15, 0.2) is 16.7 Å². The molecule has 1 aliphatic heterocycles. The summed E-state index contributed by atoms with van der Waals surface area (Å²) in [5.74, 6) is 1.00. The maximum atomic E-state index is 12.8. The molecule has 1 aromatic carbocycles. The number of para-hydroxylation sites is 2. The number of piperidine rings is 1. The number of primary amides is 1. The van der Waals surface area contributed by atoms with E-state index in [2.05, 4.69) is 21.8 Å². The highest BCUT2D eigenvalue weighted by Crippen LogP contribution is 2.29. The number of rotatable bonds is 7. The van der Waals surface area contributed by atoms with E-state index in [-0.39, 0.29) is 17.7 Å². The first-order valence-corrected chi connectivity index (χ1v) is 12.5. The van der Waals surface area contributed by atoms with Crippen molar-refractivity contribution >= 4 is 45.9 Å². The Kier molecular flexibility index (Phi) is 6.13. The van der Waals surface area contributed by atoms with Gasteiger partial charge in [0, 0.05) is 38.4 Å². The van der Waals surface area contributed by atoms with Crippen LogP contribution < -0.4 is 21.9 Å². The highest BCUT2D eigenvalue weighted by Gasteiger charge is 2.28. The number of H-pyrrole nitrogens is 1. The van der Waals surface area contributed by atoms with Gasteiger partial charge in [-0.15, -0.1) is 0 Å². The molecule has 3 N–H and O–H groups in total. The van der Waals surface area contributed by atoms with Crippen molar-refractivity contribution < 1.29 is 9.21 Å². The minimum absolute atomic E-state index is 0.131. The number of imidazole rings is 1. The fourth-order valence-electron chi connectivity index (χ4n) is 4.49. The number of benzene rings is 1. The molecule has 1 atom stereocenters. The number of carbonyl (C=O) groups excluding carboxylic acids is 1. The third-order valence-electron chi connectivity index (χ3n) is 6.43. The summed E-state index contributed by atoms with van der Waals surface area (Å²) in [5, 5.41) is 0.600. The van der Waals surface area contributed by atoms with Crippen molar-refractivity contribution in [3.05, 3.63) is 45.1 Å². The first kappa shape index (κ1) is 23.2. The van der Waals surface area contributed by atoms with Crippen LogP contribution >= 0.6 is 11.8 Å². The molecule has 1 amide bonds. The van der Waals surface area contributed by atoms with Gasteiger partial charge in [-0.05, 0) is 30.9 Å². The maximum Gasteiger partial charge on any atom is 0.329 e. The Bertz CT molecular complexity index is 1480. The molecular formula is C23H27N7O4S. The van der Waals surface area contributed by atoms with Crippen LogP contribution in [0.1, 0.15) is 19.8 Å². The summed E-state index contributed by atoms with van der Waals surface area (Å²) in [6.07, 6.45) is 1.24. The van der Waals surface area contributed by atoms with E-state index in [1.165, 1.54) is 16.3 Å². The van der Waals surface area contributed by atoms with Gasteiger partial charge in [-0.25, -0.2) is 9.78 Å². The van der Waals surface area contributed by atoms with E-state index in [0.29, 0.717) is 60.6 Å². The highest BCUT2D eigenvalue weighted by atomic mass is 32.2. The van der Waals surface area contributed by atoms with Crippen molar-refractivity contribution in [1.82, 2.24) is 24.1 Å². The molecule has 0 aliphatic carbocycles. The molecule has 12 heteroatoms. The molecule has 1 aliphatic rings. The van der Waals surface area contributed by atoms with Crippen LogP contribution in [0.4, 0.5) is 5.95 Å². The second-order valence-corrected chi connectivity index (χ2v) is 10.0. The van der Waals surface area contributed by atoms with Crippen molar-refractivity contribution in [2.24, 2.45) is 24.6 Å². The average Bonchev–Trinajstić information content (AvgIpc) is 3.43. The lowest BCUT2D eigenvalue weighted by Crippen LogP contribution is -2.40. The molecule has 184 valence electrons. The van der Waals surface area contributed by atoms with Crippen molar-refractivity contribution in [2.75, 3.05) is 23.7 Å². The van der Waals surface area contributed by atoms with E-state index in [9.17, 15) is 14.4 Å². The van der Waals surface area contributed by atoms with Crippen LogP contribution in [0.15, 0.2) is 43.5 Å². The zero-order chi connectivity index (χ0) is 24.7. The number of nitrogens with two attached hydrogens (primary N) is 1. The lowest BCUT2D eigenvalue weighted by atomic mass is 9.96. The summed E-state index contributed by atoms with van der Waals surface area (Å²) in [6.45, 7) is 3.78. The standard InChI is InChI=1S/C23H27N7O4S/c1-13(12-35-23-25-15-5-3-4-6-16(15)34-23)11-30-17-19(28(2)22(33)27-20(17)32)26-21(30)29-9-7-14(8-10-29)18(24)31/h3-6,13-14H,7-12H2,1-2H3,(H2,24,31)(H,27,32,33). The van der Waals surface area contributed by atoms with Crippen LogP contribution in [-0.2, 0) is 18.4 Å². The predicted octanol–water partition coefficient (Wildman–Crippen LogP) is 1.69. The molecule has 4 heterocycles.